The summed E-state index contributed by atoms with van der Waals surface area (Å²) in [5.41, 5.74) is 0.0782. The van der Waals surface area contributed by atoms with Gasteiger partial charge in [0, 0.05) is 42.5 Å². The smallest absolute Gasteiger partial charge is 0.259 e. The fourth-order valence-electron chi connectivity index (χ4n) is 3.56. The number of nitrogens with zero attached hydrogens (tertiary/aromatic N) is 4. The van der Waals surface area contributed by atoms with E-state index < -0.39 is 11.2 Å². The van der Waals surface area contributed by atoms with Crippen molar-refractivity contribution < 1.29 is 9.18 Å². The lowest BCUT2D eigenvalue weighted by Gasteiger charge is -2.19. The summed E-state index contributed by atoms with van der Waals surface area (Å²) in [6, 6.07) is 3.93. The Balaban J connectivity index is 1.41. The highest BCUT2D eigenvalue weighted by atomic mass is 19.1. The molecule has 0 atom stereocenters. The van der Waals surface area contributed by atoms with Gasteiger partial charge in [-0.25, -0.2) is 14.1 Å². The van der Waals surface area contributed by atoms with Crippen LogP contribution in [0.4, 0.5) is 4.39 Å². The summed E-state index contributed by atoms with van der Waals surface area (Å²) in [4.78, 5) is 34.8. The van der Waals surface area contributed by atoms with Crippen molar-refractivity contribution in [3.63, 3.8) is 0 Å². The van der Waals surface area contributed by atoms with E-state index in [0.717, 1.165) is 30.6 Å². The van der Waals surface area contributed by atoms with Gasteiger partial charge < -0.3 is 9.88 Å². The molecule has 1 N–H and O–H groups in total. The number of hydrogen-bond acceptors (Lipinski definition) is 4. The summed E-state index contributed by atoms with van der Waals surface area (Å²) < 4.78 is 15.4. The summed E-state index contributed by atoms with van der Waals surface area (Å²) in [7, 11) is 0. The van der Waals surface area contributed by atoms with E-state index in [2.05, 4.69) is 15.1 Å². The SMILES string of the molecule is O=C(c1c[nH]c2ccc(F)cc2c1=O)N1CCc2nc(C3CC3)nn2CC1. The van der Waals surface area contributed by atoms with E-state index in [1.807, 2.05) is 4.68 Å². The van der Waals surface area contributed by atoms with Crippen LogP contribution < -0.4 is 5.43 Å². The van der Waals surface area contributed by atoms with Crippen LogP contribution in [0.25, 0.3) is 10.9 Å². The monoisotopic (exact) mass is 367 g/mol. The number of halogens is 1. The van der Waals surface area contributed by atoms with Crippen LogP contribution in [-0.2, 0) is 13.0 Å². The fraction of sp³-hybridized carbons (Fsp3) is 0.368. The highest BCUT2D eigenvalue weighted by Gasteiger charge is 2.30. The van der Waals surface area contributed by atoms with Crippen molar-refractivity contribution >= 4 is 16.8 Å². The zero-order valence-corrected chi connectivity index (χ0v) is 14.6. The fourth-order valence-corrected chi connectivity index (χ4v) is 3.56. The average Bonchev–Trinajstić information content (AvgIpc) is 3.46. The Bertz CT molecular complexity index is 1090. The molecular formula is C19H18FN5O2. The largest absolute Gasteiger partial charge is 0.360 e. The molecule has 1 aliphatic heterocycles. The van der Waals surface area contributed by atoms with E-state index in [0.29, 0.717) is 37.5 Å². The summed E-state index contributed by atoms with van der Waals surface area (Å²) >= 11 is 0. The Labute approximate surface area is 153 Å². The number of amides is 1. The van der Waals surface area contributed by atoms with Crippen LogP contribution in [0.1, 0.15) is 40.8 Å². The first-order chi connectivity index (χ1) is 13.1. The maximum Gasteiger partial charge on any atom is 0.259 e. The summed E-state index contributed by atoms with van der Waals surface area (Å²) in [6.45, 7) is 1.49. The number of carbonyl (C=O) groups is 1. The minimum atomic E-state index is -0.504. The molecule has 0 spiro atoms. The number of carbonyl (C=O) groups excluding carboxylic acids is 1. The van der Waals surface area contributed by atoms with Crippen molar-refractivity contribution in [2.75, 3.05) is 13.1 Å². The van der Waals surface area contributed by atoms with Gasteiger partial charge in [-0.2, -0.15) is 5.10 Å². The first kappa shape index (κ1) is 16.2. The molecule has 2 aliphatic rings. The van der Waals surface area contributed by atoms with Crippen LogP contribution in [0.5, 0.6) is 0 Å². The number of benzene rings is 1. The van der Waals surface area contributed by atoms with Gasteiger partial charge in [0.25, 0.3) is 5.91 Å². The molecule has 138 valence electrons. The van der Waals surface area contributed by atoms with Crippen molar-refractivity contribution in [3.8, 4) is 0 Å². The Hall–Kier alpha value is -3.03. The van der Waals surface area contributed by atoms with Gasteiger partial charge in [-0.1, -0.05) is 0 Å². The van der Waals surface area contributed by atoms with E-state index in [4.69, 9.17) is 0 Å². The average molecular weight is 367 g/mol. The summed E-state index contributed by atoms with van der Waals surface area (Å²) in [5.74, 6) is 1.45. The molecule has 3 heterocycles. The van der Waals surface area contributed by atoms with Gasteiger partial charge >= 0.3 is 0 Å². The van der Waals surface area contributed by atoms with Crippen LogP contribution in [0.3, 0.4) is 0 Å². The molecule has 1 amide bonds. The number of H-pyrrole nitrogens is 1. The zero-order chi connectivity index (χ0) is 18.5. The van der Waals surface area contributed by atoms with E-state index in [9.17, 15) is 14.0 Å². The van der Waals surface area contributed by atoms with Crippen molar-refractivity contribution in [1.82, 2.24) is 24.6 Å². The number of aromatic amines is 1. The second-order valence-electron chi connectivity index (χ2n) is 7.15. The van der Waals surface area contributed by atoms with Crippen LogP contribution in [0, 0.1) is 5.82 Å². The number of pyridine rings is 1. The lowest BCUT2D eigenvalue weighted by Crippen LogP contribution is -2.36. The molecule has 1 aliphatic carbocycles. The molecule has 7 nitrogen and oxygen atoms in total. The molecular weight excluding hydrogens is 349 g/mol. The number of hydrogen-bond donors (Lipinski definition) is 1. The van der Waals surface area contributed by atoms with Gasteiger partial charge in [-0.15, -0.1) is 0 Å². The lowest BCUT2D eigenvalue weighted by molar-refractivity contribution is 0.0756. The second-order valence-corrected chi connectivity index (χ2v) is 7.15. The van der Waals surface area contributed by atoms with E-state index >= 15 is 0 Å². The third-order valence-electron chi connectivity index (χ3n) is 5.25. The molecule has 0 radical (unpaired) electrons. The Morgan fingerprint density at radius 3 is 2.89 bits per heavy atom. The quantitative estimate of drug-likeness (QED) is 0.749. The molecule has 0 bridgehead atoms. The third-order valence-corrected chi connectivity index (χ3v) is 5.25. The van der Waals surface area contributed by atoms with Gasteiger partial charge in [-0.3, -0.25) is 9.59 Å². The molecule has 0 saturated heterocycles. The predicted octanol–water partition coefficient (Wildman–Crippen LogP) is 1.83. The second kappa shape index (κ2) is 6.00. The molecule has 1 saturated carbocycles. The highest BCUT2D eigenvalue weighted by Crippen LogP contribution is 2.38. The van der Waals surface area contributed by atoms with Gasteiger partial charge in [0.2, 0.25) is 5.43 Å². The summed E-state index contributed by atoms with van der Waals surface area (Å²) in [6.07, 6.45) is 4.32. The first-order valence-electron chi connectivity index (χ1n) is 9.14. The maximum absolute atomic E-state index is 13.5. The predicted molar refractivity (Wildman–Crippen MR) is 96.1 cm³/mol. The minimum absolute atomic E-state index is 0.0271. The Morgan fingerprint density at radius 1 is 1.22 bits per heavy atom. The zero-order valence-electron chi connectivity index (χ0n) is 14.6. The van der Waals surface area contributed by atoms with Crippen LogP contribution in [-0.4, -0.2) is 43.6 Å². The van der Waals surface area contributed by atoms with E-state index in [1.54, 1.807) is 4.90 Å². The van der Waals surface area contributed by atoms with Crippen molar-refractivity contribution in [2.24, 2.45) is 0 Å². The van der Waals surface area contributed by atoms with Gasteiger partial charge in [0.05, 0.1) is 6.54 Å². The van der Waals surface area contributed by atoms with Crippen LogP contribution in [0.2, 0.25) is 0 Å². The summed E-state index contributed by atoms with van der Waals surface area (Å²) in [5, 5.41) is 4.75. The number of nitrogens with one attached hydrogen (secondary N) is 1. The number of aromatic nitrogens is 4. The molecule has 5 rings (SSSR count). The van der Waals surface area contributed by atoms with Crippen molar-refractivity contribution in [2.45, 2.75) is 31.7 Å². The van der Waals surface area contributed by atoms with Gasteiger partial charge in [-0.05, 0) is 31.0 Å². The number of fused-ring (bicyclic) bond motifs is 2. The van der Waals surface area contributed by atoms with E-state index in [1.165, 1.54) is 18.3 Å². The standard InChI is InChI=1S/C19H18FN5O2/c20-12-3-4-15-13(9-12)17(26)14(10-21-15)19(27)24-6-5-16-22-18(11-1-2-11)23-25(16)8-7-24/h3-4,9-11H,1-2,5-8H2,(H,21,26). The molecule has 2 aromatic heterocycles. The Kier molecular flexibility index (Phi) is 3.60. The van der Waals surface area contributed by atoms with Gasteiger partial charge in [0.15, 0.2) is 5.82 Å². The first-order valence-corrected chi connectivity index (χ1v) is 9.14. The molecule has 0 unspecified atom stereocenters. The van der Waals surface area contributed by atoms with Crippen molar-refractivity contribution in [3.05, 3.63) is 57.6 Å². The van der Waals surface area contributed by atoms with Crippen LogP contribution in [0.15, 0.2) is 29.2 Å². The topological polar surface area (TPSA) is 83.9 Å². The van der Waals surface area contributed by atoms with Crippen LogP contribution >= 0.6 is 0 Å². The van der Waals surface area contributed by atoms with Gasteiger partial charge in [0.1, 0.15) is 17.2 Å². The Morgan fingerprint density at radius 2 is 2.07 bits per heavy atom. The maximum atomic E-state index is 13.5. The van der Waals surface area contributed by atoms with Crippen molar-refractivity contribution in [1.29, 1.82) is 0 Å². The normalized spacial score (nSPS) is 17.0. The molecule has 8 heteroatoms. The minimum Gasteiger partial charge on any atom is -0.360 e. The third kappa shape index (κ3) is 2.81. The highest BCUT2D eigenvalue weighted by molar-refractivity contribution is 5.97. The molecule has 3 aromatic rings. The molecule has 1 aromatic carbocycles. The molecule has 1 fully saturated rings. The molecule has 27 heavy (non-hydrogen) atoms. The number of rotatable bonds is 2. The lowest BCUT2D eigenvalue weighted by atomic mass is 10.1. The van der Waals surface area contributed by atoms with E-state index in [-0.39, 0.29) is 16.9 Å².